The monoisotopic (exact) mass is 278 g/mol. The Morgan fingerprint density at radius 1 is 1.35 bits per heavy atom. The number of hydrogen-bond donors (Lipinski definition) is 2. The Kier molecular flexibility index (Phi) is 4.28. The van der Waals surface area contributed by atoms with Crippen LogP contribution in [0.2, 0.25) is 0 Å². The molecular formula is C15H24N3O2+. The molecular weight excluding hydrogens is 254 g/mol. The van der Waals surface area contributed by atoms with E-state index in [-0.39, 0.29) is 5.91 Å². The molecule has 1 aromatic heterocycles. The maximum absolute atomic E-state index is 12.2. The molecule has 0 bridgehead atoms. The van der Waals surface area contributed by atoms with Crippen LogP contribution in [0.4, 0.5) is 0 Å². The summed E-state index contributed by atoms with van der Waals surface area (Å²) in [5.41, 5.74) is 2.59. The molecule has 1 aliphatic heterocycles. The van der Waals surface area contributed by atoms with Crippen molar-refractivity contribution in [3.05, 3.63) is 22.5 Å². The lowest BCUT2D eigenvalue weighted by Crippen LogP contribution is -2.46. The van der Waals surface area contributed by atoms with E-state index in [1.807, 2.05) is 6.92 Å². The number of aldehydes is 1. The Morgan fingerprint density at radius 2 is 2.00 bits per heavy atom. The summed E-state index contributed by atoms with van der Waals surface area (Å²) in [6, 6.07) is 0. The number of nitrogens with one attached hydrogen (secondary N) is 2. The van der Waals surface area contributed by atoms with Crippen molar-refractivity contribution in [3.63, 3.8) is 0 Å². The summed E-state index contributed by atoms with van der Waals surface area (Å²) in [7, 11) is 2.25. The molecule has 5 nitrogen and oxygen atoms in total. The fourth-order valence-electron chi connectivity index (χ4n) is 3.08. The van der Waals surface area contributed by atoms with Gasteiger partial charge in [0.25, 0.3) is 5.91 Å². The van der Waals surface area contributed by atoms with Crippen LogP contribution >= 0.6 is 0 Å². The molecule has 1 amide bonds. The van der Waals surface area contributed by atoms with E-state index >= 15 is 0 Å². The van der Waals surface area contributed by atoms with Gasteiger partial charge in [-0.1, -0.05) is 0 Å². The van der Waals surface area contributed by atoms with E-state index in [9.17, 15) is 9.59 Å². The number of aryl methyl sites for hydroxylation is 1. The lowest BCUT2D eigenvalue weighted by atomic mass is 10.1. The molecule has 0 aliphatic carbocycles. The van der Waals surface area contributed by atoms with Crippen LogP contribution in [-0.4, -0.2) is 54.9 Å². The van der Waals surface area contributed by atoms with Crippen molar-refractivity contribution in [3.8, 4) is 0 Å². The minimum absolute atomic E-state index is 0.0878. The smallest absolute Gasteiger partial charge is 0.253 e. The van der Waals surface area contributed by atoms with Crippen LogP contribution in [0.3, 0.4) is 0 Å². The molecule has 1 aliphatic rings. The molecule has 1 saturated heterocycles. The zero-order valence-corrected chi connectivity index (χ0v) is 12.6. The summed E-state index contributed by atoms with van der Waals surface area (Å²) in [6.07, 6.45) is 3.32. The number of likely N-dealkylation sites (tertiary alicyclic amines) is 1. The molecule has 1 aromatic rings. The number of hydrogen-bond acceptors (Lipinski definition) is 2. The predicted molar refractivity (Wildman–Crippen MR) is 78.0 cm³/mol. The van der Waals surface area contributed by atoms with Gasteiger partial charge in [0.05, 0.1) is 44.5 Å². The first-order valence-corrected chi connectivity index (χ1v) is 7.23. The molecule has 0 atom stereocenters. The third kappa shape index (κ3) is 2.93. The number of nitrogens with zero attached hydrogens (tertiary/aromatic N) is 1. The number of aromatic amines is 1. The van der Waals surface area contributed by atoms with E-state index in [1.165, 1.54) is 25.9 Å². The summed E-state index contributed by atoms with van der Waals surface area (Å²) in [5, 5.41) is 2.98. The van der Waals surface area contributed by atoms with Crippen molar-refractivity contribution in [2.45, 2.75) is 26.7 Å². The molecule has 0 unspecified atom stereocenters. The second-order valence-corrected chi connectivity index (χ2v) is 6.03. The normalized spacial score (nSPS) is 17.1. The zero-order chi connectivity index (χ0) is 14.8. The van der Waals surface area contributed by atoms with Crippen molar-refractivity contribution in [1.29, 1.82) is 0 Å². The van der Waals surface area contributed by atoms with Gasteiger partial charge in [0.2, 0.25) is 0 Å². The SMILES string of the molecule is Cc1[nH]c(C=O)c(C)c1C(=O)NCC[N+]1(C)CCCC1. The molecule has 2 rings (SSSR count). The van der Waals surface area contributed by atoms with Crippen LogP contribution in [0.1, 0.15) is 44.9 Å². The Balaban J connectivity index is 1.95. The van der Waals surface area contributed by atoms with E-state index < -0.39 is 0 Å². The minimum Gasteiger partial charge on any atom is -0.356 e. The largest absolute Gasteiger partial charge is 0.356 e. The highest BCUT2D eigenvalue weighted by molar-refractivity contribution is 5.99. The van der Waals surface area contributed by atoms with E-state index in [0.717, 1.165) is 28.6 Å². The number of amides is 1. The van der Waals surface area contributed by atoms with Crippen molar-refractivity contribution in [2.24, 2.45) is 0 Å². The van der Waals surface area contributed by atoms with Gasteiger partial charge in [0, 0.05) is 18.5 Å². The molecule has 2 N–H and O–H groups in total. The van der Waals surface area contributed by atoms with Gasteiger partial charge >= 0.3 is 0 Å². The molecule has 2 heterocycles. The highest BCUT2D eigenvalue weighted by Crippen LogP contribution is 2.17. The first-order valence-electron chi connectivity index (χ1n) is 7.23. The average molecular weight is 278 g/mol. The number of H-pyrrole nitrogens is 1. The molecule has 0 radical (unpaired) electrons. The molecule has 1 fully saturated rings. The zero-order valence-electron chi connectivity index (χ0n) is 12.6. The fraction of sp³-hybridized carbons (Fsp3) is 0.600. The molecule has 5 heteroatoms. The molecule has 0 aromatic carbocycles. The lowest BCUT2D eigenvalue weighted by molar-refractivity contribution is -0.896. The Labute approximate surface area is 119 Å². The Hall–Kier alpha value is -1.62. The third-order valence-electron chi connectivity index (χ3n) is 4.40. The molecule has 0 saturated carbocycles. The van der Waals surface area contributed by atoms with Gasteiger partial charge in [0.15, 0.2) is 6.29 Å². The minimum atomic E-state index is -0.0878. The standard InChI is InChI=1S/C15H23N3O2/c1-11-13(10-19)17-12(2)14(11)15(20)16-6-9-18(3)7-4-5-8-18/h10H,4-9H2,1-3H3,(H-,16,17,19,20)/p+1. The maximum Gasteiger partial charge on any atom is 0.253 e. The van der Waals surface area contributed by atoms with Gasteiger partial charge in [-0.05, 0) is 19.4 Å². The van der Waals surface area contributed by atoms with Gasteiger partial charge in [-0.25, -0.2) is 0 Å². The van der Waals surface area contributed by atoms with E-state index in [2.05, 4.69) is 17.3 Å². The first-order chi connectivity index (χ1) is 9.47. The Morgan fingerprint density at radius 3 is 2.55 bits per heavy atom. The predicted octanol–water partition coefficient (Wildman–Crippen LogP) is 1.41. The first kappa shape index (κ1) is 14.8. The number of rotatable bonds is 5. The summed E-state index contributed by atoms with van der Waals surface area (Å²) in [4.78, 5) is 26.1. The van der Waals surface area contributed by atoms with Crippen LogP contribution in [0.25, 0.3) is 0 Å². The van der Waals surface area contributed by atoms with Crippen LogP contribution in [0.5, 0.6) is 0 Å². The summed E-state index contributed by atoms with van der Waals surface area (Å²) >= 11 is 0. The number of carbonyl (C=O) groups is 2. The average Bonchev–Trinajstić information content (AvgIpc) is 2.94. The van der Waals surface area contributed by atoms with Crippen LogP contribution in [-0.2, 0) is 0 Å². The van der Waals surface area contributed by atoms with Gasteiger partial charge in [0.1, 0.15) is 0 Å². The van der Waals surface area contributed by atoms with Gasteiger partial charge in [-0.15, -0.1) is 0 Å². The molecule has 20 heavy (non-hydrogen) atoms. The fourth-order valence-corrected chi connectivity index (χ4v) is 3.08. The molecule has 110 valence electrons. The highest BCUT2D eigenvalue weighted by atomic mass is 16.1. The second kappa shape index (κ2) is 5.79. The van der Waals surface area contributed by atoms with Crippen molar-refractivity contribution in [2.75, 3.05) is 33.2 Å². The van der Waals surface area contributed by atoms with Crippen LogP contribution in [0.15, 0.2) is 0 Å². The third-order valence-corrected chi connectivity index (χ3v) is 4.40. The quantitative estimate of drug-likeness (QED) is 0.632. The van der Waals surface area contributed by atoms with Crippen LogP contribution in [0, 0.1) is 13.8 Å². The van der Waals surface area contributed by atoms with Crippen molar-refractivity contribution < 1.29 is 14.1 Å². The number of likely N-dealkylation sites (N-methyl/N-ethyl adjacent to an activating group) is 1. The Bertz CT molecular complexity index is 513. The number of quaternary nitrogens is 1. The summed E-state index contributed by atoms with van der Waals surface area (Å²) < 4.78 is 1.05. The topological polar surface area (TPSA) is 62.0 Å². The van der Waals surface area contributed by atoms with Crippen LogP contribution < -0.4 is 5.32 Å². The van der Waals surface area contributed by atoms with E-state index in [4.69, 9.17) is 0 Å². The number of aromatic nitrogens is 1. The maximum atomic E-state index is 12.2. The van der Waals surface area contributed by atoms with Crippen molar-refractivity contribution >= 4 is 12.2 Å². The van der Waals surface area contributed by atoms with Gasteiger partial charge in [-0.3, -0.25) is 9.59 Å². The van der Waals surface area contributed by atoms with Crippen molar-refractivity contribution in [1.82, 2.24) is 10.3 Å². The highest BCUT2D eigenvalue weighted by Gasteiger charge is 2.26. The van der Waals surface area contributed by atoms with E-state index in [0.29, 0.717) is 17.8 Å². The summed E-state index contributed by atoms with van der Waals surface area (Å²) in [6.45, 7) is 7.67. The summed E-state index contributed by atoms with van der Waals surface area (Å²) in [5.74, 6) is -0.0878. The molecule has 0 spiro atoms. The number of carbonyl (C=O) groups excluding carboxylic acids is 2. The van der Waals surface area contributed by atoms with Gasteiger partial charge in [-0.2, -0.15) is 0 Å². The second-order valence-electron chi connectivity index (χ2n) is 6.03. The van der Waals surface area contributed by atoms with E-state index in [1.54, 1.807) is 6.92 Å². The van der Waals surface area contributed by atoms with Gasteiger partial charge < -0.3 is 14.8 Å². The lowest BCUT2D eigenvalue weighted by Gasteiger charge is -2.29.